The van der Waals surface area contributed by atoms with Gasteiger partial charge in [0.1, 0.15) is 18.1 Å². The van der Waals surface area contributed by atoms with Gasteiger partial charge in [0.25, 0.3) is 0 Å². The van der Waals surface area contributed by atoms with E-state index in [1.54, 1.807) is 0 Å². The van der Waals surface area contributed by atoms with Crippen LogP contribution in [0.1, 0.15) is 45.2 Å². The zero-order valence-corrected chi connectivity index (χ0v) is 15.0. The minimum atomic E-state index is 0.0321. The summed E-state index contributed by atoms with van der Waals surface area (Å²) in [5, 5.41) is 0. The fraction of sp³-hybridized carbons (Fsp3) is 0.381. The van der Waals surface area contributed by atoms with Crippen LogP contribution in [-0.4, -0.2) is 12.4 Å². The van der Waals surface area contributed by atoms with Gasteiger partial charge < -0.3 is 9.47 Å². The highest BCUT2D eigenvalue weighted by molar-refractivity contribution is 5.76. The van der Waals surface area contributed by atoms with Gasteiger partial charge in [0.05, 0.1) is 6.61 Å². The van der Waals surface area contributed by atoms with E-state index in [4.69, 9.17) is 9.47 Å². The van der Waals surface area contributed by atoms with E-state index in [1.807, 2.05) is 36.4 Å². The van der Waals surface area contributed by atoms with E-state index in [0.29, 0.717) is 6.61 Å². The van der Waals surface area contributed by atoms with Crippen molar-refractivity contribution in [3.8, 4) is 11.5 Å². The fourth-order valence-corrected chi connectivity index (χ4v) is 2.28. The highest BCUT2D eigenvalue weighted by Gasteiger charge is 2.17. The summed E-state index contributed by atoms with van der Waals surface area (Å²) < 4.78 is 11.2. The molecule has 0 N–H and O–H groups in total. The van der Waals surface area contributed by atoms with Crippen LogP contribution in [-0.2, 0) is 21.6 Å². The lowest BCUT2D eigenvalue weighted by Crippen LogP contribution is -2.14. The maximum absolute atomic E-state index is 10.9. The van der Waals surface area contributed by atoms with E-state index >= 15 is 0 Å². The second-order valence-electron chi connectivity index (χ2n) is 6.70. The fourth-order valence-electron chi connectivity index (χ4n) is 2.28. The molecular formula is C21H26O3. The van der Waals surface area contributed by atoms with Gasteiger partial charge in [-0.3, -0.25) is 4.79 Å². The predicted molar refractivity (Wildman–Crippen MR) is 96.6 cm³/mol. The number of hydrogen-bond donors (Lipinski definition) is 0. The second kappa shape index (κ2) is 8.11. The molecule has 0 amide bonds. The highest BCUT2D eigenvalue weighted by atomic mass is 16.5. The molecule has 0 atom stereocenters. The van der Waals surface area contributed by atoms with Gasteiger partial charge in [0, 0.05) is 0 Å². The lowest BCUT2D eigenvalue weighted by atomic mass is 9.82. The van der Waals surface area contributed by atoms with Gasteiger partial charge in [0.15, 0.2) is 5.78 Å². The van der Waals surface area contributed by atoms with Crippen LogP contribution in [0.25, 0.3) is 0 Å². The van der Waals surface area contributed by atoms with Crippen molar-refractivity contribution in [1.82, 2.24) is 0 Å². The molecule has 3 heteroatoms. The lowest BCUT2D eigenvalue weighted by Gasteiger charge is -2.23. The summed E-state index contributed by atoms with van der Waals surface area (Å²) in [6.07, 6.45) is 1.10. The van der Waals surface area contributed by atoms with Crippen molar-refractivity contribution in [2.45, 2.75) is 46.1 Å². The number of ether oxygens (including phenoxy) is 2. The molecule has 0 saturated heterocycles. The van der Waals surface area contributed by atoms with Crippen LogP contribution in [0.2, 0.25) is 0 Å². The van der Waals surface area contributed by atoms with Crippen molar-refractivity contribution in [2.75, 3.05) is 6.61 Å². The van der Waals surface area contributed by atoms with Crippen LogP contribution >= 0.6 is 0 Å². The molecule has 0 radical (unpaired) electrons. The molecule has 0 fully saturated rings. The second-order valence-corrected chi connectivity index (χ2v) is 6.70. The molecule has 0 unspecified atom stereocenters. The predicted octanol–water partition coefficient (Wildman–Crippen LogP) is 5.27. The van der Waals surface area contributed by atoms with E-state index in [-0.39, 0.29) is 17.8 Å². The normalized spacial score (nSPS) is 11.3. The van der Waals surface area contributed by atoms with E-state index in [1.165, 1.54) is 12.5 Å². The molecule has 2 rings (SSSR count). The Morgan fingerprint density at radius 2 is 1.50 bits per heavy atom. The van der Waals surface area contributed by atoms with Crippen molar-refractivity contribution < 1.29 is 14.3 Å². The summed E-state index contributed by atoms with van der Waals surface area (Å²) >= 11 is 0. The van der Waals surface area contributed by atoms with Crippen molar-refractivity contribution in [2.24, 2.45) is 0 Å². The van der Waals surface area contributed by atoms with Gasteiger partial charge in [0.2, 0.25) is 0 Å². The minimum Gasteiger partial charge on any atom is -0.457 e. The Morgan fingerprint density at radius 3 is 2.00 bits per heavy atom. The average molecular weight is 326 g/mol. The molecule has 2 aromatic carbocycles. The van der Waals surface area contributed by atoms with Gasteiger partial charge in [-0.1, -0.05) is 45.0 Å². The third-order valence-corrected chi connectivity index (χ3v) is 4.25. The van der Waals surface area contributed by atoms with Crippen molar-refractivity contribution in [3.63, 3.8) is 0 Å². The largest absolute Gasteiger partial charge is 0.457 e. The first kappa shape index (κ1) is 18.2. The minimum absolute atomic E-state index is 0.0321. The molecule has 0 spiro atoms. The number of carbonyl (C=O) groups excluding carboxylic acids is 1. The van der Waals surface area contributed by atoms with E-state index in [0.717, 1.165) is 23.5 Å². The van der Waals surface area contributed by atoms with Crippen LogP contribution in [0.5, 0.6) is 11.5 Å². The molecule has 0 aliphatic carbocycles. The molecule has 0 aliphatic rings. The summed E-state index contributed by atoms with van der Waals surface area (Å²) in [5.74, 6) is 1.64. The summed E-state index contributed by atoms with van der Waals surface area (Å²) in [7, 11) is 0. The SMILES string of the molecule is CCC(C)(C)c1ccc(Oc2ccc(COCC(C)=O)cc2)cc1. The first-order chi connectivity index (χ1) is 11.4. The Balaban J connectivity index is 1.95. The molecule has 0 heterocycles. The van der Waals surface area contributed by atoms with E-state index in [2.05, 4.69) is 32.9 Å². The van der Waals surface area contributed by atoms with Crippen molar-refractivity contribution in [3.05, 3.63) is 59.7 Å². The number of Topliss-reactive ketones (excluding diaryl/α,β-unsaturated/α-hetero) is 1. The first-order valence-electron chi connectivity index (χ1n) is 8.35. The number of carbonyl (C=O) groups is 1. The van der Waals surface area contributed by atoms with Crippen LogP contribution in [0.3, 0.4) is 0 Å². The zero-order chi connectivity index (χ0) is 17.6. The maximum Gasteiger partial charge on any atom is 0.155 e. The Hall–Kier alpha value is -2.13. The van der Waals surface area contributed by atoms with Crippen molar-refractivity contribution >= 4 is 5.78 Å². The zero-order valence-electron chi connectivity index (χ0n) is 15.0. The Kier molecular flexibility index (Phi) is 6.16. The number of benzene rings is 2. The Morgan fingerprint density at radius 1 is 0.958 bits per heavy atom. The molecule has 128 valence electrons. The van der Waals surface area contributed by atoms with Crippen molar-refractivity contribution in [1.29, 1.82) is 0 Å². The third kappa shape index (κ3) is 5.20. The summed E-state index contributed by atoms with van der Waals surface area (Å²) in [6.45, 7) is 8.79. The van der Waals surface area contributed by atoms with Gasteiger partial charge in [-0.05, 0) is 54.2 Å². The van der Waals surface area contributed by atoms with Gasteiger partial charge in [-0.15, -0.1) is 0 Å². The van der Waals surface area contributed by atoms with Crippen LogP contribution in [0, 0.1) is 0 Å². The number of rotatable bonds is 8. The molecule has 0 aromatic heterocycles. The van der Waals surface area contributed by atoms with Gasteiger partial charge in [-0.2, -0.15) is 0 Å². The topological polar surface area (TPSA) is 35.5 Å². The molecule has 24 heavy (non-hydrogen) atoms. The van der Waals surface area contributed by atoms with Crippen LogP contribution in [0.15, 0.2) is 48.5 Å². The molecule has 0 saturated carbocycles. The Labute approximate surface area is 144 Å². The first-order valence-corrected chi connectivity index (χ1v) is 8.35. The summed E-state index contributed by atoms with van der Waals surface area (Å²) in [5.41, 5.74) is 2.51. The molecule has 0 bridgehead atoms. The summed E-state index contributed by atoms with van der Waals surface area (Å²) in [6, 6.07) is 16.0. The van der Waals surface area contributed by atoms with E-state index in [9.17, 15) is 4.79 Å². The highest BCUT2D eigenvalue weighted by Crippen LogP contribution is 2.29. The smallest absolute Gasteiger partial charge is 0.155 e. The monoisotopic (exact) mass is 326 g/mol. The molecule has 2 aromatic rings. The van der Waals surface area contributed by atoms with Crippen LogP contribution in [0.4, 0.5) is 0 Å². The number of ketones is 1. The molecule has 0 aliphatic heterocycles. The van der Waals surface area contributed by atoms with Crippen LogP contribution < -0.4 is 4.74 Å². The maximum atomic E-state index is 10.9. The molecule has 3 nitrogen and oxygen atoms in total. The van der Waals surface area contributed by atoms with E-state index < -0.39 is 0 Å². The third-order valence-electron chi connectivity index (χ3n) is 4.25. The average Bonchev–Trinajstić information content (AvgIpc) is 2.57. The van der Waals surface area contributed by atoms with Gasteiger partial charge in [-0.25, -0.2) is 0 Å². The quantitative estimate of drug-likeness (QED) is 0.662. The van der Waals surface area contributed by atoms with Gasteiger partial charge >= 0.3 is 0 Å². The molecular weight excluding hydrogens is 300 g/mol. The lowest BCUT2D eigenvalue weighted by molar-refractivity contribution is -0.121. The standard InChI is InChI=1S/C21H26O3/c1-5-21(3,4)18-8-12-20(13-9-18)24-19-10-6-17(7-11-19)15-23-14-16(2)22/h6-13H,5,14-15H2,1-4H3. The number of hydrogen-bond acceptors (Lipinski definition) is 3. The Bertz CT molecular complexity index is 654. The summed E-state index contributed by atoms with van der Waals surface area (Å²) in [4.78, 5) is 10.9.